The van der Waals surface area contributed by atoms with E-state index in [1.165, 1.54) is 0 Å². The summed E-state index contributed by atoms with van der Waals surface area (Å²) in [7, 11) is 0. The average Bonchev–Trinajstić information content (AvgIpc) is 2.70. The van der Waals surface area contributed by atoms with Crippen molar-refractivity contribution in [2.24, 2.45) is 10.9 Å². The van der Waals surface area contributed by atoms with Crippen LogP contribution in [-0.2, 0) is 9.59 Å². The van der Waals surface area contributed by atoms with Gasteiger partial charge in [0.25, 0.3) is 0 Å². The van der Waals surface area contributed by atoms with Gasteiger partial charge in [-0.05, 0) is 48.6 Å². The van der Waals surface area contributed by atoms with Crippen LogP contribution in [-0.4, -0.2) is 29.1 Å². The van der Waals surface area contributed by atoms with E-state index in [9.17, 15) is 14.7 Å². The number of hydrogen-bond donors (Lipinski definition) is 1. The Bertz CT molecular complexity index is 1050. The van der Waals surface area contributed by atoms with Crippen LogP contribution in [0.1, 0.15) is 49.1 Å². The highest BCUT2D eigenvalue weighted by Crippen LogP contribution is 2.46. The van der Waals surface area contributed by atoms with Crippen LogP contribution in [0.3, 0.4) is 0 Å². The zero-order chi connectivity index (χ0) is 21.4. The predicted molar refractivity (Wildman–Crippen MR) is 116 cm³/mol. The summed E-state index contributed by atoms with van der Waals surface area (Å²) in [5.41, 5.74) is 2.19. The van der Waals surface area contributed by atoms with Crippen molar-refractivity contribution < 1.29 is 19.4 Å². The van der Waals surface area contributed by atoms with E-state index in [1.54, 1.807) is 25.1 Å². The van der Waals surface area contributed by atoms with Gasteiger partial charge in [0.15, 0.2) is 11.5 Å². The quantitative estimate of drug-likeness (QED) is 0.690. The Labute approximate surface area is 184 Å². The molecule has 3 unspecified atom stereocenters. The van der Waals surface area contributed by atoms with E-state index in [2.05, 4.69) is 4.99 Å². The van der Waals surface area contributed by atoms with Crippen molar-refractivity contribution in [2.45, 2.75) is 38.0 Å². The Morgan fingerprint density at radius 1 is 1.10 bits per heavy atom. The van der Waals surface area contributed by atoms with Crippen LogP contribution in [0.25, 0.3) is 0 Å². The molecule has 2 aromatic rings. The van der Waals surface area contributed by atoms with Crippen molar-refractivity contribution in [3.05, 3.63) is 57.6 Å². The fourth-order valence-electron chi connectivity index (χ4n) is 4.50. The molecule has 1 amide bonds. The fraction of sp³-hybridized carbons (Fsp3) is 0.348. The van der Waals surface area contributed by atoms with Crippen LogP contribution < -0.4 is 4.74 Å². The molecule has 1 fully saturated rings. The number of benzene rings is 2. The second-order valence-corrected chi connectivity index (χ2v) is 8.48. The molecule has 1 aliphatic carbocycles. The first-order valence-electron chi connectivity index (χ1n) is 9.91. The fourth-order valence-corrected chi connectivity index (χ4v) is 5.01. The average molecular weight is 446 g/mol. The van der Waals surface area contributed by atoms with Gasteiger partial charge in [-0.25, -0.2) is 4.99 Å². The Balaban J connectivity index is 1.70. The maximum atomic E-state index is 13.2. The number of phenolic OH excluding ortho intramolecular Hbond substituents is 1. The summed E-state index contributed by atoms with van der Waals surface area (Å²) in [6, 6.07) is 10.7. The maximum absolute atomic E-state index is 13.2. The molecule has 0 spiro atoms. The second-order valence-electron chi connectivity index (χ2n) is 7.66. The first-order valence-corrected chi connectivity index (χ1v) is 10.7. The molecular weight excluding hydrogens is 425 g/mol. The zero-order valence-corrected chi connectivity index (χ0v) is 17.9. The van der Waals surface area contributed by atoms with E-state index in [1.807, 2.05) is 18.2 Å². The number of carbonyl (C=O) groups excluding carboxylic acids is 2. The number of fused-ring (bicyclic) bond motifs is 1. The molecule has 0 bridgehead atoms. The molecular formula is C23H21Cl2NO4. The molecule has 3 atom stereocenters. The number of hydrogen-bond acceptors (Lipinski definition) is 4. The van der Waals surface area contributed by atoms with Crippen molar-refractivity contribution >= 4 is 40.6 Å². The van der Waals surface area contributed by atoms with Gasteiger partial charge in [0.2, 0.25) is 5.91 Å². The first-order chi connectivity index (χ1) is 14.4. The van der Waals surface area contributed by atoms with Crippen LogP contribution in [0.5, 0.6) is 11.5 Å². The molecule has 30 heavy (non-hydrogen) atoms. The Morgan fingerprint density at radius 3 is 2.60 bits per heavy atom. The minimum absolute atomic E-state index is 0.0320. The van der Waals surface area contributed by atoms with E-state index in [0.29, 0.717) is 35.7 Å². The van der Waals surface area contributed by atoms with Crippen LogP contribution in [0.15, 0.2) is 41.4 Å². The van der Waals surface area contributed by atoms with Crippen LogP contribution in [0.4, 0.5) is 0 Å². The summed E-state index contributed by atoms with van der Waals surface area (Å²) in [5.74, 6) is -1.11. The summed E-state index contributed by atoms with van der Waals surface area (Å²) in [6.45, 7) is 2.15. The number of Topliss-reactive ketones (excluding diaryl/α,β-unsaturated/α-hetero) is 1. The Hall–Kier alpha value is -2.37. The molecule has 0 radical (unpaired) electrons. The summed E-state index contributed by atoms with van der Waals surface area (Å²) >= 11 is 12.5. The van der Waals surface area contributed by atoms with E-state index in [0.717, 1.165) is 5.56 Å². The maximum Gasteiger partial charge on any atom is 0.246 e. The predicted octanol–water partition coefficient (Wildman–Crippen LogP) is 5.32. The lowest BCUT2D eigenvalue weighted by Crippen LogP contribution is -2.40. The minimum Gasteiger partial charge on any atom is -0.503 e. The van der Waals surface area contributed by atoms with Crippen LogP contribution in [0.2, 0.25) is 10.0 Å². The zero-order valence-electron chi connectivity index (χ0n) is 16.4. The van der Waals surface area contributed by atoms with E-state index in [4.69, 9.17) is 27.9 Å². The van der Waals surface area contributed by atoms with Gasteiger partial charge in [0.05, 0.1) is 17.5 Å². The summed E-state index contributed by atoms with van der Waals surface area (Å²) < 4.78 is 5.48. The van der Waals surface area contributed by atoms with Gasteiger partial charge >= 0.3 is 0 Å². The number of ketones is 1. The van der Waals surface area contributed by atoms with Gasteiger partial charge in [-0.15, -0.1) is 0 Å². The number of rotatable bonds is 4. The van der Waals surface area contributed by atoms with Gasteiger partial charge in [-0.2, -0.15) is 0 Å². The third kappa shape index (κ3) is 3.84. The van der Waals surface area contributed by atoms with E-state index in [-0.39, 0.29) is 46.5 Å². The molecule has 7 heteroatoms. The van der Waals surface area contributed by atoms with E-state index < -0.39 is 5.92 Å². The topological polar surface area (TPSA) is 76.0 Å². The molecule has 0 saturated heterocycles. The lowest BCUT2D eigenvalue weighted by molar-refractivity contribution is -0.124. The molecule has 2 aliphatic rings. The molecule has 1 N–H and O–H groups in total. The molecule has 2 aromatic carbocycles. The minimum atomic E-state index is -0.489. The number of aliphatic imine (C=N–C) groups is 1. The standard InChI is InChI=1S/C23H21Cl2NO4/c1-2-30-20-10-12(7-17(25)23(20)29)15-11-21(28)26-18-8-13(9-19(27)22(15)18)14-5-3-4-6-16(14)24/h3-7,10,13,15,22,29H,2,8-9,11H2,1H3. The Kier molecular flexibility index (Phi) is 5.85. The third-order valence-electron chi connectivity index (χ3n) is 5.80. The molecule has 0 aromatic heterocycles. The molecule has 4 rings (SSSR count). The van der Waals surface area contributed by atoms with Gasteiger partial charge in [0, 0.05) is 29.5 Å². The van der Waals surface area contributed by atoms with Crippen LogP contribution >= 0.6 is 23.2 Å². The first kappa shape index (κ1) is 20.9. The van der Waals surface area contributed by atoms with Gasteiger partial charge in [0.1, 0.15) is 5.78 Å². The summed E-state index contributed by atoms with van der Waals surface area (Å²) in [5, 5.41) is 10.9. The number of nitrogens with zero attached hydrogens (tertiary/aromatic N) is 1. The van der Waals surface area contributed by atoms with Crippen molar-refractivity contribution in [3.63, 3.8) is 0 Å². The highest BCUT2D eigenvalue weighted by Gasteiger charge is 2.44. The summed E-state index contributed by atoms with van der Waals surface area (Å²) in [6.07, 6.45) is 0.956. The van der Waals surface area contributed by atoms with Crippen molar-refractivity contribution in [2.75, 3.05) is 6.61 Å². The lowest BCUT2D eigenvalue weighted by Gasteiger charge is -2.37. The highest BCUT2D eigenvalue weighted by molar-refractivity contribution is 6.32. The van der Waals surface area contributed by atoms with E-state index >= 15 is 0 Å². The van der Waals surface area contributed by atoms with Crippen LogP contribution in [0, 0.1) is 5.92 Å². The van der Waals surface area contributed by atoms with Gasteiger partial charge in [-0.1, -0.05) is 41.4 Å². The van der Waals surface area contributed by atoms with Crippen molar-refractivity contribution in [1.29, 1.82) is 0 Å². The molecule has 1 saturated carbocycles. The SMILES string of the molecule is CCOc1cc(C2CC(=O)N=C3CC(c4ccccc4Cl)CC(=O)C32)cc(Cl)c1O. The molecule has 1 heterocycles. The number of phenols is 1. The summed E-state index contributed by atoms with van der Waals surface area (Å²) in [4.78, 5) is 29.9. The largest absolute Gasteiger partial charge is 0.503 e. The Morgan fingerprint density at radius 2 is 1.87 bits per heavy atom. The number of halogens is 2. The number of carbonyl (C=O) groups is 2. The molecule has 1 aliphatic heterocycles. The second kappa shape index (κ2) is 8.40. The van der Waals surface area contributed by atoms with Crippen molar-refractivity contribution in [3.8, 4) is 11.5 Å². The third-order valence-corrected chi connectivity index (χ3v) is 6.43. The molecule has 156 valence electrons. The normalized spacial score (nSPS) is 23.7. The number of amides is 1. The lowest BCUT2D eigenvalue weighted by atomic mass is 9.67. The van der Waals surface area contributed by atoms with Gasteiger partial charge < -0.3 is 9.84 Å². The van der Waals surface area contributed by atoms with Crippen molar-refractivity contribution in [1.82, 2.24) is 0 Å². The number of ether oxygens (including phenoxy) is 1. The van der Waals surface area contributed by atoms with Gasteiger partial charge in [-0.3, -0.25) is 9.59 Å². The molecule has 5 nitrogen and oxygen atoms in total. The number of aromatic hydroxyl groups is 1. The smallest absolute Gasteiger partial charge is 0.246 e. The highest BCUT2D eigenvalue weighted by atomic mass is 35.5. The monoisotopic (exact) mass is 445 g/mol.